The van der Waals surface area contributed by atoms with Crippen LogP contribution in [-0.4, -0.2) is 59.9 Å². The first-order valence-electron chi connectivity index (χ1n) is 10.8. The van der Waals surface area contributed by atoms with Gasteiger partial charge in [0.15, 0.2) is 11.6 Å². The second-order valence-corrected chi connectivity index (χ2v) is 10.6. The van der Waals surface area contributed by atoms with E-state index in [2.05, 4.69) is 0 Å². The molecule has 0 aromatic carbocycles. The summed E-state index contributed by atoms with van der Waals surface area (Å²) in [5, 5.41) is 11.4. The number of epoxide rings is 1. The van der Waals surface area contributed by atoms with Gasteiger partial charge in [0.2, 0.25) is 0 Å². The number of fused-ring (bicyclic) bond motifs is 4. The van der Waals surface area contributed by atoms with E-state index in [9.17, 15) is 14.7 Å². The molecule has 4 aliphatic carbocycles. The molecular weight excluding hydrogens is 388 g/mol. The predicted molar refractivity (Wildman–Crippen MR) is 103 cm³/mol. The van der Waals surface area contributed by atoms with Crippen LogP contribution < -0.4 is 0 Å². The molecule has 2 aliphatic heterocycles. The maximum absolute atomic E-state index is 14.2. The van der Waals surface area contributed by atoms with Gasteiger partial charge in [-0.3, -0.25) is 9.59 Å². The molecule has 0 aromatic rings. The summed E-state index contributed by atoms with van der Waals surface area (Å²) in [5.74, 6) is -2.20. The number of hydrogen-bond acceptors (Lipinski definition) is 7. The Morgan fingerprint density at radius 3 is 2.60 bits per heavy atom. The fraction of sp³-hybridized carbons (Fsp3) is 0.739. The summed E-state index contributed by atoms with van der Waals surface area (Å²) in [7, 11) is 1.63. The van der Waals surface area contributed by atoms with E-state index in [1.54, 1.807) is 7.11 Å². The van der Waals surface area contributed by atoms with Crippen molar-refractivity contribution in [3.63, 3.8) is 0 Å². The van der Waals surface area contributed by atoms with Gasteiger partial charge < -0.3 is 14.6 Å². The van der Waals surface area contributed by atoms with Gasteiger partial charge in [-0.1, -0.05) is 17.7 Å². The zero-order chi connectivity index (χ0) is 21.3. The molecule has 2 heterocycles. The molecule has 11 unspecified atom stereocenters. The van der Waals surface area contributed by atoms with Gasteiger partial charge in [0.05, 0.1) is 23.0 Å². The molecule has 0 amide bonds. The number of ketones is 2. The maximum Gasteiger partial charge on any atom is 0.190 e. The lowest BCUT2D eigenvalue weighted by molar-refractivity contribution is -0.410. The Balaban J connectivity index is 1.67. The van der Waals surface area contributed by atoms with Crippen LogP contribution in [0.3, 0.4) is 0 Å². The molecule has 30 heavy (non-hydrogen) atoms. The highest BCUT2D eigenvalue weighted by Gasteiger charge is 2.82. The van der Waals surface area contributed by atoms with Crippen molar-refractivity contribution in [2.45, 2.75) is 63.8 Å². The van der Waals surface area contributed by atoms with Crippen molar-refractivity contribution in [3.8, 4) is 0 Å². The van der Waals surface area contributed by atoms with Crippen LogP contribution in [0.2, 0.25) is 0 Å². The van der Waals surface area contributed by atoms with E-state index >= 15 is 0 Å². The van der Waals surface area contributed by atoms with E-state index in [1.807, 2.05) is 39.8 Å². The summed E-state index contributed by atoms with van der Waals surface area (Å²) in [6.07, 6.45) is 1.01. The highest BCUT2D eigenvalue weighted by molar-refractivity contribution is 6.10. The number of methoxy groups -OCH3 is 1. The maximum atomic E-state index is 14.2. The van der Waals surface area contributed by atoms with Crippen LogP contribution in [-0.2, 0) is 28.8 Å². The fourth-order valence-corrected chi connectivity index (χ4v) is 7.47. The van der Waals surface area contributed by atoms with Crippen LogP contribution in [0.1, 0.15) is 27.7 Å². The quantitative estimate of drug-likeness (QED) is 0.422. The Morgan fingerprint density at radius 1 is 1.20 bits per heavy atom. The van der Waals surface area contributed by atoms with E-state index in [0.29, 0.717) is 5.57 Å². The number of rotatable bonds is 3. The molecule has 3 saturated carbocycles. The zero-order valence-electron chi connectivity index (χ0n) is 17.8. The first-order valence-corrected chi connectivity index (χ1v) is 10.8. The van der Waals surface area contributed by atoms with Crippen LogP contribution in [0.5, 0.6) is 0 Å². The minimum absolute atomic E-state index is 0.0223. The van der Waals surface area contributed by atoms with E-state index in [0.717, 1.165) is 5.57 Å². The van der Waals surface area contributed by atoms with Crippen molar-refractivity contribution < 1.29 is 33.9 Å². The largest absolute Gasteiger partial charge is 0.392 e. The summed E-state index contributed by atoms with van der Waals surface area (Å²) < 4.78 is 11.6. The molecule has 162 valence electrons. The number of hydrogen-bond donors (Lipinski definition) is 1. The first kappa shape index (κ1) is 19.3. The van der Waals surface area contributed by atoms with Crippen LogP contribution in [0.15, 0.2) is 23.3 Å². The second-order valence-electron chi connectivity index (χ2n) is 10.6. The molecule has 11 atom stereocenters. The van der Waals surface area contributed by atoms with Gasteiger partial charge in [-0.2, -0.15) is 0 Å². The zero-order valence-corrected chi connectivity index (χ0v) is 17.8. The van der Waals surface area contributed by atoms with Gasteiger partial charge >= 0.3 is 0 Å². The first-order chi connectivity index (χ1) is 14.2. The summed E-state index contributed by atoms with van der Waals surface area (Å²) in [4.78, 5) is 39.5. The Labute approximate surface area is 175 Å². The molecule has 7 nitrogen and oxygen atoms in total. The van der Waals surface area contributed by atoms with Crippen LogP contribution in [0.25, 0.3) is 0 Å². The van der Waals surface area contributed by atoms with Gasteiger partial charge in [-0.25, -0.2) is 9.78 Å². The number of aliphatic hydroxyl groups excluding tert-OH is 1. The van der Waals surface area contributed by atoms with Crippen LogP contribution >= 0.6 is 0 Å². The Morgan fingerprint density at radius 2 is 1.93 bits per heavy atom. The molecule has 7 heteroatoms. The van der Waals surface area contributed by atoms with Gasteiger partial charge in [0.1, 0.15) is 24.4 Å². The van der Waals surface area contributed by atoms with Gasteiger partial charge in [-0.15, -0.1) is 0 Å². The summed E-state index contributed by atoms with van der Waals surface area (Å²) in [6, 6.07) is 0. The molecule has 0 aromatic heterocycles. The van der Waals surface area contributed by atoms with E-state index < -0.39 is 47.3 Å². The lowest BCUT2D eigenvalue weighted by Crippen LogP contribution is -2.63. The topological polar surface area (TPSA) is 94.6 Å². The van der Waals surface area contributed by atoms with Crippen molar-refractivity contribution in [3.05, 3.63) is 23.3 Å². The number of carbonyl (C=O) groups excluding carboxylic acids is 2. The molecule has 1 N–H and O–H groups in total. The van der Waals surface area contributed by atoms with Crippen molar-refractivity contribution in [2.75, 3.05) is 7.11 Å². The minimum Gasteiger partial charge on any atom is -0.392 e. The van der Waals surface area contributed by atoms with E-state index in [-0.39, 0.29) is 35.4 Å². The third-order valence-electron chi connectivity index (χ3n) is 8.73. The number of carbonyl (C=O) groups is 2. The lowest BCUT2D eigenvalue weighted by atomic mass is 9.54. The van der Waals surface area contributed by atoms with Crippen LogP contribution in [0, 0.1) is 35.0 Å². The summed E-state index contributed by atoms with van der Waals surface area (Å²) in [6.45, 7) is 7.81. The normalized spacial score (nSPS) is 52.5. The number of Topliss-reactive ketones (excluding diaryl/α,β-unsaturated/α-hetero) is 2. The fourth-order valence-electron chi connectivity index (χ4n) is 7.47. The smallest absolute Gasteiger partial charge is 0.190 e. The van der Waals surface area contributed by atoms with Gasteiger partial charge in [-0.05, 0) is 27.7 Å². The molecule has 4 bridgehead atoms. The molecule has 0 radical (unpaired) electrons. The van der Waals surface area contributed by atoms with Crippen molar-refractivity contribution in [1.82, 2.24) is 0 Å². The highest BCUT2D eigenvalue weighted by Crippen LogP contribution is 2.72. The lowest BCUT2D eigenvalue weighted by Gasteiger charge is -2.54. The summed E-state index contributed by atoms with van der Waals surface area (Å²) >= 11 is 0. The second kappa shape index (κ2) is 5.70. The number of ether oxygens (including phenoxy) is 2. The molecule has 6 aliphatic rings. The third kappa shape index (κ3) is 1.95. The summed E-state index contributed by atoms with van der Waals surface area (Å²) in [5.41, 5.74) is -0.193. The predicted octanol–water partition coefficient (Wildman–Crippen LogP) is 1.39. The third-order valence-corrected chi connectivity index (χ3v) is 8.73. The van der Waals surface area contributed by atoms with Gasteiger partial charge in [0.25, 0.3) is 0 Å². The molecule has 5 fully saturated rings. The molecular formula is C23H28O7. The Hall–Kier alpha value is -1.38. The van der Waals surface area contributed by atoms with E-state index in [1.165, 1.54) is 0 Å². The highest BCUT2D eigenvalue weighted by atomic mass is 17.2. The van der Waals surface area contributed by atoms with Crippen molar-refractivity contribution in [1.29, 1.82) is 0 Å². The van der Waals surface area contributed by atoms with Gasteiger partial charge in [0, 0.05) is 36.4 Å². The average molecular weight is 416 g/mol. The van der Waals surface area contributed by atoms with Crippen molar-refractivity contribution in [2.24, 2.45) is 35.0 Å². The minimum atomic E-state index is -0.962. The SMILES string of the molecule is COC(C)(C)C1C=C2C(=O)C3OC3C3C(O)C4C2C(=O)C12C(C=C(C)C)OOC3C42. The Kier molecular flexibility index (Phi) is 3.67. The van der Waals surface area contributed by atoms with Crippen LogP contribution in [0.4, 0.5) is 0 Å². The standard InChI is InChI=1S/C23H28O7/c1-8(2)6-11-23-10(22(3,4)27-5)7-9-12(21(23)26)13-15(23)18(30-29-11)14(17(13)25)19-20(28-19)16(9)24/h6-7,10-15,17-20,25H,1-5H3. The average Bonchev–Trinajstić information content (AvgIpc) is 3.37. The monoisotopic (exact) mass is 416 g/mol. The Bertz CT molecular complexity index is 915. The molecule has 6 rings (SSSR count). The molecule has 2 saturated heterocycles. The van der Waals surface area contributed by atoms with Crippen molar-refractivity contribution >= 4 is 11.6 Å². The van der Waals surface area contributed by atoms with E-state index in [4.69, 9.17) is 19.2 Å². The number of aliphatic hydroxyl groups is 1. The number of allylic oxidation sites excluding steroid dienone is 1. The molecule has 1 spiro atoms.